The van der Waals surface area contributed by atoms with Gasteiger partial charge in [-0.05, 0) is 25.5 Å². The Morgan fingerprint density at radius 2 is 2.13 bits per heavy atom. The second-order valence-electron chi connectivity index (χ2n) is 3.65. The van der Waals surface area contributed by atoms with Crippen LogP contribution < -0.4 is 5.73 Å². The van der Waals surface area contributed by atoms with Crippen LogP contribution in [0.5, 0.6) is 0 Å². The molecule has 2 rings (SSSR count). The predicted octanol–water partition coefficient (Wildman–Crippen LogP) is 2.42. The smallest absolute Gasteiger partial charge is 0.181 e. The predicted molar refractivity (Wildman–Crippen MR) is 59.3 cm³/mol. The Kier molecular flexibility index (Phi) is 2.56. The van der Waals surface area contributed by atoms with Crippen molar-refractivity contribution >= 4 is 0 Å². The first-order valence-corrected chi connectivity index (χ1v) is 4.92. The highest BCUT2D eigenvalue weighted by Crippen LogP contribution is 2.26. The highest BCUT2D eigenvalue weighted by atomic mass is 16.3. The Balaban J connectivity index is 2.58. The van der Waals surface area contributed by atoms with Crippen molar-refractivity contribution in [1.29, 1.82) is 0 Å². The average Bonchev–Trinajstić information content (AvgIpc) is 2.69. The van der Waals surface area contributed by atoms with Gasteiger partial charge in [0.1, 0.15) is 11.5 Å². The number of oxazole rings is 1. The summed E-state index contributed by atoms with van der Waals surface area (Å²) in [4.78, 5) is 4.21. The normalized spacial score (nSPS) is 10.6. The molecule has 0 atom stereocenters. The number of aryl methyl sites for hydroxylation is 2. The number of hydrogen-bond donors (Lipinski definition) is 1. The minimum Gasteiger partial charge on any atom is -0.446 e. The topological polar surface area (TPSA) is 52.0 Å². The second-order valence-corrected chi connectivity index (χ2v) is 3.65. The van der Waals surface area contributed by atoms with Crippen molar-refractivity contribution in [3.05, 3.63) is 41.5 Å². The van der Waals surface area contributed by atoms with E-state index >= 15 is 0 Å². The first kappa shape index (κ1) is 9.93. The van der Waals surface area contributed by atoms with Crippen molar-refractivity contribution in [2.75, 3.05) is 0 Å². The van der Waals surface area contributed by atoms with Crippen LogP contribution in [0.4, 0.5) is 0 Å². The van der Waals surface area contributed by atoms with Crippen LogP contribution in [0.15, 0.2) is 29.0 Å². The van der Waals surface area contributed by atoms with Gasteiger partial charge in [-0.15, -0.1) is 0 Å². The quantitative estimate of drug-likeness (QED) is 0.813. The standard InChI is InChI=1S/C12H14N2O/c1-8-3-4-9(2)10(5-8)12-11(6-13)15-7-14-12/h3-5,7H,6,13H2,1-2H3. The largest absolute Gasteiger partial charge is 0.446 e. The van der Waals surface area contributed by atoms with Gasteiger partial charge in [0.15, 0.2) is 6.39 Å². The number of aromatic nitrogens is 1. The number of nitrogens with zero attached hydrogens (tertiary/aromatic N) is 1. The van der Waals surface area contributed by atoms with Crippen LogP contribution in [0.1, 0.15) is 16.9 Å². The lowest BCUT2D eigenvalue weighted by atomic mass is 10.0. The van der Waals surface area contributed by atoms with E-state index in [0.29, 0.717) is 6.54 Å². The van der Waals surface area contributed by atoms with Gasteiger partial charge in [0.25, 0.3) is 0 Å². The van der Waals surface area contributed by atoms with E-state index in [1.807, 2.05) is 0 Å². The van der Waals surface area contributed by atoms with Crippen LogP contribution in [0.3, 0.4) is 0 Å². The molecule has 1 aromatic heterocycles. The summed E-state index contributed by atoms with van der Waals surface area (Å²) >= 11 is 0. The SMILES string of the molecule is Cc1ccc(C)c(-c2ncoc2CN)c1. The molecule has 3 heteroatoms. The zero-order valence-corrected chi connectivity index (χ0v) is 8.95. The molecule has 0 saturated heterocycles. The maximum Gasteiger partial charge on any atom is 0.181 e. The van der Waals surface area contributed by atoms with Crippen LogP contribution in [0, 0.1) is 13.8 Å². The molecule has 0 amide bonds. The van der Waals surface area contributed by atoms with E-state index in [2.05, 4.69) is 37.0 Å². The van der Waals surface area contributed by atoms with Crippen molar-refractivity contribution in [3.8, 4) is 11.3 Å². The molecule has 0 unspecified atom stereocenters. The molecule has 0 saturated carbocycles. The molecule has 0 radical (unpaired) electrons. The average molecular weight is 202 g/mol. The lowest BCUT2D eigenvalue weighted by Crippen LogP contribution is -1.97. The fourth-order valence-electron chi connectivity index (χ4n) is 1.63. The van der Waals surface area contributed by atoms with E-state index in [0.717, 1.165) is 17.0 Å². The van der Waals surface area contributed by atoms with Gasteiger partial charge in [-0.2, -0.15) is 0 Å². The Bertz CT molecular complexity index is 474. The Hall–Kier alpha value is -1.61. The molecule has 0 spiro atoms. The van der Waals surface area contributed by atoms with Crippen LogP contribution in [-0.4, -0.2) is 4.98 Å². The molecule has 0 aliphatic rings. The van der Waals surface area contributed by atoms with Gasteiger partial charge in [0, 0.05) is 5.56 Å². The van der Waals surface area contributed by atoms with Crippen molar-refractivity contribution < 1.29 is 4.42 Å². The maximum atomic E-state index is 5.59. The fraction of sp³-hybridized carbons (Fsp3) is 0.250. The number of benzene rings is 1. The molecule has 3 nitrogen and oxygen atoms in total. The molecule has 15 heavy (non-hydrogen) atoms. The number of rotatable bonds is 2. The Labute approximate surface area is 88.9 Å². The van der Waals surface area contributed by atoms with E-state index in [9.17, 15) is 0 Å². The molecule has 1 heterocycles. The van der Waals surface area contributed by atoms with Crippen LogP contribution in [0.25, 0.3) is 11.3 Å². The summed E-state index contributed by atoms with van der Waals surface area (Å²) in [5.41, 5.74) is 9.94. The third-order valence-electron chi connectivity index (χ3n) is 2.47. The zero-order chi connectivity index (χ0) is 10.8. The van der Waals surface area contributed by atoms with Gasteiger partial charge in [-0.25, -0.2) is 4.98 Å². The second kappa shape index (κ2) is 3.87. The minimum atomic E-state index is 0.378. The van der Waals surface area contributed by atoms with Gasteiger partial charge < -0.3 is 10.2 Å². The first-order valence-electron chi connectivity index (χ1n) is 4.92. The molecule has 2 N–H and O–H groups in total. The van der Waals surface area contributed by atoms with Gasteiger partial charge in [0.05, 0.1) is 6.54 Å². The van der Waals surface area contributed by atoms with E-state index in [4.69, 9.17) is 10.2 Å². The van der Waals surface area contributed by atoms with Crippen molar-refractivity contribution in [3.63, 3.8) is 0 Å². The Morgan fingerprint density at radius 1 is 1.33 bits per heavy atom. The van der Waals surface area contributed by atoms with Crippen molar-refractivity contribution in [2.45, 2.75) is 20.4 Å². The summed E-state index contributed by atoms with van der Waals surface area (Å²) in [6.07, 6.45) is 1.44. The molecule has 2 aromatic rings. The van der Waals surface area contributed by atoms with E-state index in [1.54, 1.807) is 0 Å². The van der Waals surface area contributed by atoms with E-state index in [1.165, 1.54) is 17.5 Å². The van der Waals surface area contributed by atoms with Crippen molar-refractivity contribution in [2.24, 2.45) is 5.73 Å². The molecule has 0 aliphatic heterocycles. The number of nitrogens with two attached hydrogens (primary N) is 1. The highest BCUT2D eigenvalue weighted by Gasteiger charge is 2.11. The third-order valence-corrected chi connectivity index (χ3v) is 2.47. The molecular weight excluding hydrogens is 188 g/mol. The first-order chi connectivity index (χ1) is 7.22. The van der Waals surface area contributed by atoms with Crippen LogP contribution >= 0.6 is 0 Å². The molecular formula is C12H14N2O. The molecule has 1 aromatic carbocycles. The molecule has 0 fully saturated rings. The zero-order valence-electron chi connectivity index (χ0n) is 8.95. The lowest BCUT2D eigenvalue weighted by Gasteiger charge is -2.05. The summed E-state index contributed by atoms with van der Waals surface area (Å²) in [5, 5.41) is 0. The maximum absolute atomic E-state index is 5.59. The summed E-state index contributed by atoms with van der Waals surface area (Å²) in [7, 11) is 0. The van der Waals surface area contributed by atoms with Gasteiger partial charge >= 0.3 is 0 Å². The van der Waals surface area contributed by atoms with Gasteiger partial charge in [0.2, 0.25) is 0 Å². The number of hydrogen-bond acceptors (Lipinski definition) is 3. The molecule has 0 bridgehead atoms. The summed E-state index contributed by atoms with van der Waals surface area (Å²) in [6.45, 7) is 4.50. The lowest BCUT2D eigenvalue weighted by molar-refractivity contribution is 0.507. The Morgan fingerprint density at radius 3 is 2.87 bits per heavy atom. The molecule has 78 valence electrons. The van der Waals surface area contributed by atoms with E-state index < -0.39 is 0 Å². The fourth-order valence-corrected chi connectivity index (χ4v) is 1.63. The highest BCUT2D eigenvalue weighted by molar-refractivity contribution is 5.65. The van der Waals surface area contributed by atoms with Crippen molar-refractivity contribution in [1.82, 2.24) is 4.98 Å². The monoisotopic (exact) mass is 202 g/mol. The van der Waals surface area contributed by atoms with Gasteiger partial charge in [-0.1, -0.05) is 17.7 Å². The minimum absolute atomic E-state index is 0.378. The van der Waals surface area contributed by atoms with Crippen LogP contribution in [-0.2, 0) is 6.54 Å². The van der Waals surface area contributed by atoms with Crippen LogP contribution in [0.2, 0.25) is 0 Å². The van der Waals surface area contributed by atoms with Gasteiger partial charge in [-0.3, -0.25) is 0 Å². The molecule has 0 aliphatic carbocycles. The third kappa shape index (κ3) is 1.78. The summed E-state index contributed by atoms with van der Waals surface area (Å²) in [5.74, 6) is 0.740. The summed E-state index contributed by atoms with van der Waals surface area (Å²) in [6, 6.07) is 6.27. The van der Waals surface area contributed by atoms with E-state index in [-0.39, 0.29) is 0 Å². The summed E-state index contributed by atoms with van der Waals surface area (Å²) < 4.78 is 5.23.